The standard InChI is InChI=1S/C28H25NO2PS.ClH/c30-22(20-29-26-18-10-11-19-27(26)33-28(29)31)21-32(23-12-4-1-5-13-23,24-14-6-2-7-15-24)25-16-8-3-9-17-25;/h1-19,22,30H,20-21H2;1H/q+1;. The Morgan fingerprint density at radius 2 is 1.15 bits per heavy atom. The van der Waals surface area contributed by atoms with Gasteiger partial charge in [0.1, 0.15) is 35.4 Å². The average Bonchev–Trinajstić information content (AvgIpc) is 3.19. The number of halogens is 1. The van der Waals surface area contributed by atoms with E-state index in [-0.39, 0.29) is 23.8 Å². The van der Waals surface area contributed by atoms with Gasteiger partial charge in [0.2, 0.25) is 0 Å². The Bertz CT molecular complexity index is 1310. The van der Waals surface area contributed by atoms with E-state index in [1.807, 2.05) is 42.5 Å². The fourth-order valence-corrected chi connectivity index (χ4v) is 9.80. The summed E-state index contributed by atoms with van der Waals surface area (Å²) in [7, 11) is -2.17. The van der Waals surface area contributed by atoms with Crippen molar-refractivity contribution < 1.29 is 5.11 Å². The van der Waals surface area contributed by atoms with Crippen molar-refractivity contribution in [2.24, 2.45) is 0 Å². The summed E-state index contributed by atoms with van der Waals surface area (Å²) >= 11 is 1.23. The van der Waals surface area contributed by atoms with Crippen molar-refractivity contribution in [2.45, 2.75) is 12.6 Å². The fourth-order valence-electron chi connectivity index (χ4n) is 4.58. The van der Waals surface area contributed by atoms with Crippen LogP contribution in [0.25, 0.3) is 10.2 Å². The molecule has 0 saturated heterocycles. The Kier molecular flexibility index (Phi) is 7.65. The molecule has 1 N–H and O–H groups in total. The van der Waals surface area contributed by atoms with Crippen LogP contribution in [0.1, 0.15) is 0 Å². The average molecular weight is 507 g/mol. The molecule has 5 aromatic rings. The van der Waals surface area contributed by atoms with Crippen molar-refractivity contribution in [3.63, 3.8) is 0 Å². The summed E-state index contributed by atoms with van der Waals surface area (Å²) < 4.78 is 2.67. The Morgan fingerprint density at radius 1 is 0.706 bits per heavy atom. The molecule has 0 fully saturated rings. The van der Waals surface area contributed by atoms with E-state index in [9.17, 15) is 9.90 Å². The van der Waals surface area contributed by atoms with Crippen LogP contribution in [0.4, 0.5) is 0 Å². The second kappa shape index (κ2) is 10.7. The van der Waals surface area contributed by atoms with E-state index in [0.29, 0.717) is 6.16 Å². The summed E-state index contributed by atoms with van der Waals surface area (Å²) in [6.45, 7) is 0.275. The molecule has 5 rings (SSSR count). The number of rotatable bonds is 7. The molecule has 0 bridgehead atoms. The minimum atomic E-state index is -2.17. The third-order valence-corrected chi connectivity index (χ3v) is 11.5. The lowest BCUT2D eigenvalue weighted by molar-refractivity contribution is 0.178. The highest BCUT2D eigenvalue weighted by atomic mass is 35.5. The number of hydrogen-bond acceptors (Lipinski definition) is 3. The van der Waals surface area contributed by atoms with Crippen LogP contribution in [-0.2, 0) is 6.54 Å². The van der Waals surface area contributed by atoms with E-state index >= 15 is 0 Å². The molecule has 6 heteroatoms. The molecule has 0 aliphatic rings. The van der Waals surface area contributed by atoms with Gasteiger partial charge < -0.3 is 5.11 Å². The highest BCUT2D eigenvalue weighted by Crippen LogP contribution is 2.55. The largest absolute Gasteiger partial charge is 0.387 e. The molecule has 1 unspecified atom stereocenters. The maximum Gasteiger partial charge on any atom is 0.308 e. The lowest BCUT2D eigenvalue weighted by Crippen LogP contribution is -2.38. The van der Waals surface area contributed by atoms with Crippen LogP contribution in [0.15, 0.2) is 120 Å². The van der Waals surface area contributed by atoms with Crippen LogP contribution in [0.5, 0.6) is 0 Å². The van der Waals surface area contributed by atoms with Gasteiger partial charge >= 0.3 is 4.87 Å². The molecule has 0 aliphatic heterocycles. The van der Waals surface area contributed by atoms with Crippen LogP contribution < -0.4 is 20.8 Å². The van der Waals surface area contributed by atoms with Crippen molar-refractivity contribution in [2.75, 3.05) is 6.16 Å². The monoisotopic (exact) mass is 506 g/mol. The Hall–Kier alpha value is -2.75. The van der Waals surface area contributed by atoms with Crippen LogP contribution in [0.3, 0.4) is 0 Å². The zero-order valence-electron chi connectivity index (χ0n) is 18.5. The van der Waals surface area contributed by atoms with E-state index in [4.69, 9.17) is 0 Å². The molecule has 172 valence electrons. The van der Waals surface area contributed by atoms with E-state index in [1.54, 1.807) is 4.57 Å². The van der Waals surface area contributed by atoms with Gasteiger partial charge in [0.15, 0.2) is 0 Å². The van der Waals surface area contributed by atoms with Crippen LogP contribution >= 0.6 is 31.0 Å². The number of thiazole rings is 1. The van der Waals surface area contributed by atoms with Gasteiger partial charge in [-0.1, -0.05) is 78.1 Å². The summed E-state index contributed by atoms with van der Waals surface area (Å²) in [4.78, 5) is 12.7. The Morgan fingerprint density at radius 3 is 1.65 bits per heavy atom. The summed E-state index contributed by atoms with van der Waals surface area (Å²) in [5.74, 6) is 0. The predicted molar refractivity (Wildman–Crippen MR) is 149 cm³/mol. The minimum absolute atomic E-state index is 0. The fraction of sp³-hybridized carbons (Fsp3) is 0.107. The van der Waals surface area contributed by atoms with E-state index in [2.05, 4.69) is 72.8 Å². The number of para-hydroxylation sites is 1. The summed E-state index contributed by atoms with van der Waals surface area (Å²) in [6.07, 6.45) is -0.128. The van der Waals surface area contributed by atoms with Crippen LogP contribution in [0.2, 0.25) is 0 Å². The van der Waals surface area contributed by atoms with Crippen molar-refractivity contribution in [3.05, 3.63) is 125 Å². The van der Waals surface area contributed by atoms with Gasteiger partial charge in [-0.3, -0.25) is 9.36 Å². The van der Waals surface area contributed by atoms with Gasteiger partial charge in [-0.15, -0.1) is 12.4 Å². The van der Waals surface area contributed by atoms with Gasteiger partial charge in [0.25, 0.3) is 0 Å². The summed E-state index contributed by atoms with van der Waals surface area (Å²) in [5, 5.41) is 15.2. The number of aliphatic hydroxyl groups excluding tert-OH is 1. The van der Waals surface area contributed by atoms with Crippen molar-refractivity contribution in [1.29, 1.82) is 0 Å². The van der Waals surface area contributed by atoms with Crippen molar-refractivity contribution in [1.82, 2.24) is 4.57 Å². The maximum absolute atomic E-state index is 12.7. The molecular weight excluding hydrogens is 481 g/mol. The number of benzene rings is 4. The van der Waals surface area contributed by atoms with Gasteiger partial charge in [0.05, 0.1) is 16.8 Å². The van der Waals surface area contributed by atoms with E-state index in [0.717, 1.165) is 10.2 Å². The number of hydrogen-bond donors (Lipinski definition) is 1. The summed E-state index contributed by atoms with van der Waals surface area (Å²) in [5.41, 5.74) is 0.884. The molecule has 0 spiro atoms. The number of fused-ring (bicyclic) bond motifs is 1. The van der Waals surface area contributed by atoms with Crippen LogP contribution in [-0.4, -0.2) is 21.9 Å². The molecule has 1 heterocycles. The first-order valence-corrected chi connectivity index (χ1v) is 13.8. The topological polar surface area (TPSA) is 42.2 Å². The second-order valence-corrected chi connectivity index (χ2v) is 12.6. The summed E-state index contributed by atoms with van der Waals surface area (Å²) in [6, 6.07) is 39.3. The molecule has 1 aromatic heterocycles. The van der Waals surface area contributed by atoms with Gasteiger partial charge in [0, 0.05) is 0 Å². The number of nitrogens with zero attached hydrogens (tertiary/aromatic N) is 1. The Labute approximate surface area is 210 Å². The van der Waals surface area contributed by atoms with E-state index < -0.39 is 13.4 Å². The number of aromatic nitrogens is 1. The molecule has 34 heavy (non-hydrogen) atoms. The van der Waals surface area contributed by atoms with Gasteiger partial charge in [-0.2, -0.15) is 0 Å². The molecule has 0 saturated carbocycles. The molecule has 0 amide bonds. The lowest BCUT2D eigenvalue weighted by Gasteiger charge is -2.29. The predicted octanol–water partition coefficient (Wildman–Crippen LogP) is 4.84. The normalized spacial score (nSPS) is 12.3. The second-order valence-electron chi connectivity index (χ2n) is 8.10. The van der Waals surface area contributed by atoms with Gasteiger partial charge in [-0.25, -0.2) is 0 Å². The maximum atomic E-state index is 12.7. The highest BCUT2D eigenvalue weighted by Gasteiger charge is 2.46. The number of aliphatic hydroxyl groups is 1. The third kappa shape index (κ3) is 4.60. The minimum Gasteiger partial charge on any atom is -0.387 e. The highest BCUT2D eigenvalue weighted by molar-refractivity contribution is 7.95. The molecule has 3 nitrogen and oxygen atoms in total. The zero-order chi connectivity index (χ0) is 22.7. The van der Waals surface area contributed by atoms with E-state index in [1.165, 1.54) is 27.3 Å². The van der Waals surface area contributed by atoms with Crippen molar-refractivity contribution in [3.8, 4) is 0 Å². The molecule has 0 aliphatic carbocycles. The first-order valence-electron chi connectivity index (χ1n) is 11.0. The van der Waals surface area contributed by atoms with Crippen molar-refractivity contribution >= 4 is 57.1 Å². The molecule has 4 aromatic carbocycles. The SMILES string of the molecule is Cl.O=c1sc2ccccc2n1CC(O)C[P+](c1ccccc1)(c1ccccc1)c1ccccc1. The zero-order valence-corrected chi connectivity index (χ0v) is 21.1. The first kappa shape index (κ1) is 24.4. The third-order valence-electron chi connectivity index (χ3n) is 6.04. The quantitative estimate of drug-likeness (QED) is 0.321. The molecule has 1 atom stereocenters. The van der Waals surface area contributed by atoms with Crippen LogP contribution in [0, 0.1) is 0 Å². The smallest absolute Gasteiger partial charge is 0.308 e. The van der Waals surface area contributed by atoms with Gasteiger partial charge in [-0.05, 0) is 48.5 Å². The Balaban J connectivity index is 0.00000274. The molecular formula is C28H26ClNO2PS+. The lowest BCUT2D eigenvalue weighted by atomic mass is 10.3. The first-order chi connectivity index (χ1) is 16.2. The molecule has 0 radical (unpaired) electrons.